The zero-order chi connectivity index (χ0) is 26.7. The van der Waals surface area contributed by atoms with Crippen molar-refractivity contribution in [2.75, 3.05) is 6.61 Å². The first kappa shape index (κ1) is 28.5. The summed E-state index contributed by atoms with van der Waals surface area (Å²) in [6.45, 7) is 11.1. The van der Waals surface area contributed by atoms with Crippen molar-refractivity contribution in [1.29, 1.82) is 0 Å². The van der Waals surface area contributed by atoms with E-state index in [0.29, 0.717) is 13.0 Å². The fourth-order valence-corrected chi connectivity index (χ4v) is 4.95. The summed E-state index contributed by atoms with van der Waals surface area (Å²) in [5.41, 5.74) is 0.283. The molecule has 3 heterocycles. The first-order chi connectivity index (χ1) is 16.8. The number of carbonyl (C=O) groups excluding carboxylic acids is 2. The summed E-state index contributed by atoms with van der Waals surface area (Å²) in [5.74, 6) is -1.75. The minimum absolute atomic E-state index is 0.0106. The third-order valence-electron chi connectivity index (χ3n) is 7.02. The van der Waals surface area contributed by atoms with Crippen molar-refractivity contribution in [3.05, 3.63) is 36.0 Å². The SMILES string of the molecule is CC(=O)O[C@H](C)/C=C\C(=O)N[C@H]1C[C@@H](C)[C@@H](C/C=C(C)/C=C/[C@@H]2O[C@@](C)(O)C[C@]3(CO3)[C@H]2O)O[C@H]1C. The molecule has 1 spiro atoms. The van der Waals surface area contributed by atoms with Crippen molar-refractivity contribution in [2.24, 2.45) is 5.92 Å². The highest BCUT2D eigenvalue weighted by molar-refractivity contribution is 5.87. The molecule has 0 unspecified atom stereocenters. The monoisotopic (exact) mass is 507 g/mol. The Balaban J connectivity index is 1.49. The lowest BCUT2D eigenvalue weighted by Crippen LogP contribution is -2.54. The van der Waals surface area contributed by atoms with Crippen molar-refractivity contribution in [2.45, 2.75) is 109 Å². The number of ether oxygens (including phenoxy) is 4. The van der Waals surface area contributed by atoms with Crippen molar-refractivity contribution in [3.8, 4) is 0 Å². The van der Waals surface area contributed by atoms with Gasteiger partial charge in [0.1, 0.15) is 23.9 Å². The van der Waals surface area contributed by atoms with Gasteiger partial charge >= 0.3 is 5.97 Å². The third kappa shape index (κ3) is 7.73. The molecule has 9 atom stereocenters. The molecule has 3 N–H and O–H groups in total. The molecule has 0 saturated carbocycles. The van der Waals surface area contributed by atoms with Crippen LogP contribution in [0.25, 0.3) is 0 Å². The summed E-state index contributed by atoms with van der Waals surface area (Å²) in [4.78, 5) is 23.3. The topological polar surface area (TPSA) is 127 Å². The molecule has 1 amide bonds. The number of rotatable bonds is 8. The molecule has 0 aliphatic carbocycles. The Morgan fingerprint density at radius 2 is 1.94 bits per heavy atom. The normalized spacial score (nSPS) is 39.9. The highest BCUT2D eigenvalue weighted by atomic mass is 16.7. The van der Waals surface area contributed by atoms with Crippen LogP contribution in [0.15, 0.2) is 36.0 Å². The van der Waals surface area contributed by atoms with Crippen LogP contribution in [0.1, 0.15) is 60.8 Å². The number of hydrogen-bond donors (Lipinski definition) is 3. The van der Waals surface area contributed by atoms with Crippen LogP contribution in [0.2, 0.25) is 0 Å². The average molecular weight is 508 g/mol. The number of nitrogens with one attached hydrogen (secondary N) is 1. The minimum Gasteiger partial charge on any atom is -0.459 e. The van der Waals surface area contributed by atoms with Crippen molar-refractivity contribution >= 4 is 11.9 Å². The van der Waals surface area contributed by atoms with Crippen LogP contribution in [-0.2, 0) is 28.5 Å². The van der Waals surface area contributed by atoms with E-state index in [4.69, 9.17) is 18.9 Å². The van der Waals surface area contributed by atoms with E-state index in [2.05, 4.69) is 18.3 Å². The van der Waals surface area contributed by atoms with Gasteiger partial charge in [-0.25, -0.2) is 0 Å². The number of hydrogen-bond acceptors (Lipinski definition) is 8. The predicted molar refractivity (Wildman–Crippen MR) is 133 cm³/mol. The molecular formula is C27H41NO8. The van der Waals surface area contributed by atoms with E-state index < -0.39 is 35.7 Å². The fourth-order valence-electron chi connectivity index (χ4n) is 4.95. The van der Waals surface area contributed by atoms with E-state index in [1.54, 1.807) is 26.0 Å². The molecule has 0 aromatic rings. The van der Waals surface area contributed by atoms with Crippen LogP contribution >= 0.6 is 0 Å². The van der Waals surface area contributed by atoms with Crippen molar-refractivity contribution in [1.82, 2.24) is 5.32 Å². The van der Waals surface area contributed by atoms with Crippen molar-refractivity contribution in [3.63, 3.8) is 0 Å². The molecule has 3 fully saturated rings. The summed E-state index contributed by atoms with van der Waals surface area (Å²) in [6, 6.07) is -0.114. The summed E-state index contributed by atoms with van der Waals surface area (Å²) in [7, 11) is 0. The zero-order valence-electron chi connectivity index (χ0n) is 22.1. The lowest BCUT2D eigenvalue weighted by Gasteiger charge is -2.40. The van der Waals surface area contributed by atoms with Crippen LogP contribution < -0.4 is 5.32 Å². The molecule has 0 bridgehead atoms. The highest BCUT2D eigenvalue weighted by Crippen LogP contribution is 2.45. The molecule has 202 valence electrons. The smallest absolute Gasteiger partial charge is 0.303 e. The summed E-state index contributed by atoms with van der Waals surface area (Å²) >= 11 is 0. The van der Waals surface area contributed by atoms with Gasteiger partial charge < -0.3 is 34.5 Å². The molecular weight excluding hydrogens is 466 g/mol. The number of esters is 1. The van der Waals surface area contributed by atoms with Gasteiger partial charge in [-0.3, -0.25) is 9.59 Å². The molecule has 36 heavy (non-hydrogen) atoms. The van der Waals surface area contributed by atoms with Crippen LogP contribution in [-0.4, -0.2) is 76.6 Å². The maximum Gasteiger partial charge on any atom is 0.303 e. The summed E-state index contributed by atoms with van der Waals surface area (Å²) < 4.78 is 22.3. The lowest BCUT2D eigenvalue weighted by molar-refractivity contribution is -0.272. The van der Waals surface area contributed by atoms with Crippen LogP contribution in [0, 0.1) is 5.92 Å². The average Bonchev–Trinajstić information content (AvgIpc) is 3.54. The van der Waals surface area contributed by atoms with E-state index in [9.17, 15) is 19.8 Å². The number of amides is 1. The van der Waals surface area contributed by atoms with Crippen LogP contribution in [0.5, 0.6) is 0 Å². The predicted octanol–water partition coefficient (Wildman–Crippen LogP) is 2.31. The first-order valence-corrected chi connectivity index (χ1v) is 12.7. The number of aliphatic hydroxyl groups is 2. The number of epoxide rings is 1. The van der Waals surface area contributed by atoms with E-state index >= 15 is 0 Å². The second-order valence-electron chi connectivity index (χ2n) is 10.7. The van der Waals surface area contributed by atoms with Gasteiger partial charge in [0.05, 0.1) is 24.9 Å². The standard InChI is InChI=1S/C27H41NO8/c1-16(8-11-23-25(31)27(15-33-27)14-26(6,32)36-23)7-10-22-17(2)13-21(19(4)35-22)28-24(30)12-9-18(3)34-20(5)29/h7-9,11-12,17-19,21-23,25,31-32H,10,13-15H2,1-6H3,(H,28,30)/b11-8+,12-9-,16-7+/t17-,18-,19+,21+,22-,23+,25+,26-,27+/m1/s1. The maximum atomic E-state index is 12.3. The van der Waals surface area contributed by atoms with E-state index in [1.807, 2.05) is 19.9 Å². The molecule has 9 heteroatoms. The molecule has 0 radical (unpaired) electrons. The van der Waals surface area contributed by atoms with Gasteiger partial charge in [-0.15, -0.1) is 0 Å². The number of aliphatic hydroxyl groups excluding tert-OH is 1. The zero-order valence-corrected chi connectivity index (χ0v) is 22.1. The summed E-state index contributed by atoms with van der Waals surface area (Å²) in [5, 5.41) is 23.9. The minimum atomic E-state index is -1.34. The molecule has 3 aliphatic heterocycles. The van der Waals surface area contributed by atoms with Crippen LogP contribution in [0.4, 0.5) is 0 Å². The molecule has 3 aliphatic rings. The first-order valence-electron chi connectivity index (χ1n) is 12.7. The Morgan fingerprint density at radius 1 is 1.25 bits per heavy atom. The second-order valence-corrected chi connectivity index (χ2v) is 10.7. The van der Waals surface area contributed by atoms with Crippen LogP contribution in [0.3, 0.4) is 0 Å². The van der Waals surface area contributed by atoms with Gasteiger partial charge in [0, 0.05) is 19.4 Å². The van der Waals surface area contributed by atoms with E-state index in [0.717, 1.165) is 12.0 Å². The van der Waals surface area contributed by atoms with E-state index in [1.165, 1.54) is 13.0 Å². The Hall–Kier alpha value is -2.04. The summed E-state index contributed by atoms with van der Waals surface area (Å²) in [6.07, 6.45) is 8.33. The maximum absolute atomic E-state index is 12.3. The van der Waals surface area contributed by atoms with Gasteiger partial charge in [0.2, 0.25) is 5.91 Å². The Morgan fingerprint density at radius 3 is 2.58 bits per heavy atom. The van der Waals surface area contributed by atoms with Gasteiger partial charge in [-0.2, -0.15) is 0 Å². The Bertz CT molecular complexity index is 890. The largest absolute Gasteiger partial charge is 0.459 e. The fraction of sp³-hybridized carbons (Fsp3) is 0.704. The van der Waals surface area contributed by atoms with E-state index in [-0.39, 0.29) is 36.5 Å². The molecule has 3 saturated heterocycles. The number of carbonyl (C=O) groups is 2. The Kier molecular flexibility index (Phi) is 9.16. The van der Waals surface area contributed by atoms with Gasteiger partial charge in [-0.1, -0.05) is 30.7 Å². The van der Waals surface area contributed by atoms with Gasteiger partial charge in [-0.05, 0) is 52.5 Å². The third-order valence-corrected chi connectivity index (χ3v) is 7.02. The quantitative estimate of drug-likeness (QED) is 0.198. The Labute approximate surface area is 213 Å². The molecule has 9 nitrogen and oxygen atoms in total. The number of allylic oxidation sites excluding steroid dienone is 2. The molecule has 3 rings (SSSR count). The second kappa shape index (κ2) is 11.6. The van der Waals surface area contributed by atoms with Gasteiger partial charge in [0.25, 0.3) is 0 Å². The van der Waals surface area contributed by atoms with Crippen molar-refractivity contribution < 1.29 is 38.7 Å². The lowest BCUT2D eigenvalue weighted by atomic mass is 9.87. The molecule has 0 aromatic heterocycles. The van der Waals surface area contributed by atoms with Gasteiger partial charge in [0.15, 0.2) is 5.79 Å². The highest BCUT2D eigenvalue weighted by Gasteiger charge is 2.61. The molecule has 0 aromatic carbocycles.